The first-order valence-corrected chi connectivity index (χ1v) is 10.1. The fourth-order valence-electron chi connectivity index (χ4n) is 3.27. The summed E-state index contributed by atoms with van der Waals surface area (Å²) in [6.07, 6.45) is 7.02. The molecule has 2 aliphatic heterocycles. The summed E-state index contributed by atoms with van der Waals surface area (Å²) in [7, 11) is 0. The Morgan fingerprint density at radius 3 is 2.71 bits per heavy atom. The van der Waals surface area contributed by atoms with Crippen LogP contribution in [0.15, 0.2) is 0 Å². The minimum Gasteiger partial charge on any atom is -0.356 e. The van der Waals surface area contributed by atoms with Gasteiger partial charge in [-0.25, -0.2) is 4.79 Å². The normalized spacial score (nSPS) is 25.0. The summed E-state index contributed by atoms with van der Waals surface area (Å²) >= 11 is 1.92. The van der Waals surface area contributed by atoms with Crippen LogP contribution >= 0.6 is 11.8 Å². The van der Waals surface area contributed by atoms with Crippen LogP contribution in [0.3, 0.4) is 0 Å². The molecule has 0 aromatic rings. The summed E-state index contributed by atoms with van der Waals surface area (Å²) in [6, 6.07) is 0.489. The average molecular weight is 356 g/mol. The van der Waals surface area contributed by atoms with Crippen molar-refractivity contribution in [3.8, 4) is 0 Å². The molecule has 2 rings (SSSR count). The van der Waals surface area contributed by atoms with Gasteiger partial charge in [0.05, 0.1) is 12.1 Å². The second-order valence-corrected chi connectivity index (χ2v) is 8.00. The Bertz CT molecular complexity index is 458. The molecular formula is C17H29N3O3S. The lowest BCUT2D eigenvalue weighted by Crippen LogP contribution is -2.36. The fourth-order valence-corrected chi connectivity index (χ4v) is 4.81. The molecule has 3 atom stereocenters. The third-order valence-electron chi connectivity index (χ3n) is 4.61. The number of hydrogen-bond acceptors (Lipinski definition) is 4. The van der Waals surface area contributed by atoms with Gasteiger partial charge in [0, 0.05) is 30.4 Å². The lowest BCUT2D eigenvalue weighted by atomic mass is 10.0. The largest absolute Gasteiger partial charge is 0.356 e. The highest BCUT2D eigenvalue weighted by Gasteiger charge is 2.42. The molecule has 3 N–H and O–H groups in total. The SMILES string of the molecule is CC(=O)CCCCCNC(=O)CCCC[C@@H]1SC[C@@H]2NC(=O)N[C@@H]21. The molecule has 0 aromatic carbocycles. The summed E-state index contributed by atoms with van der Waals surface area (Å²) in [5, 5.41) is 9.36. The van der Waals surface area contributed by atoms with Crippen LogP contribution < -0.4 is 16.0 Å². The number of rotatable bonds is 11. The Morgan fingerprint density at radius 2 is 1.92 bits per heavy atom. The van der Waals surface area contributed by atoms with E-state index in [2.05, 4.69) is 16.0 Å². The van der Waals surface area contributed by atoms with Crippen molar-refractivity contribution in [1.29, 1.82) is 0 Å². The Balaban J connectivity index is 1.45. The number of fused-ring (bicyclic) bond motifs is 1. The number of Topliss-reactive ketones (excluding diaryl/α,β-unsaturated/α-hetero) is 1. The zero-order valence-corrected chi connectivity index (χ0v) is 15.3. The second-order valence-electron chi connectivity index (χ2n) is 6.73. The van der Waals surface area contributed by atoms with Gasteiger partial charge in [0.2, 0.25) is 5.91 Å². The van der Waals surface area contributed by atoms with Gasteiger partial charge in [0.25, 0.3) is 0 Å². The zero-order chi connectivity index (χ0) is 17.4. The van der Waals surface area contributed by atoms with Gasteiger partial charge in [-0.2, -0.15) is 11.8 Å². The minimum absolute atomic E-state index is 0.0435. The molecular weight excluding hydrogens is 326 g/mol. The van der Waals surface area contributed by atoms with E-state index in [1.54, 1.807) is 6.92 Å². The standard InChI is InChI=1S/C17H29N3O3S/c1-12(21)7-3-2-6-10-18-15(22)9-5-4-8-14-16-13(11-24-14)19-17(23)20-16/h13-14,16H,2-11H2,1H3,(H,18,22)(H2,19,20,23)/t13-,14-,16-/m0/s1. The maximum Gasteiger partial charge on any atom is 0.315 e. The summed E-state index contributed by atoms with van der Waals surface area (Å²) in [4.78, 5) is 33.9. The molecule has 6 nitrogen and oxygen atoms in total. The van der Waals surface area contributed by atoms with Crippen molar-refractivity contribution in [2.75, 3.05) is 12.3 Å². The van der Waals surface area contributed by atoms with Gasteiger partial charge in [0.15, 0.2) is 0 Å². The minimum atomic E-state index is -0.0435. The number of nitrogens with one attached hydrogen (secondary N) is 3. The smallest absolute Gasteiger partial charge is 0.315 e. The highest BCUT2D eigenvalue weighted by atomic mass is 32.2. The maximum atomic E-state index is 11.8. The Kier molecular flexibility index (Phi) is 7.88. The molecule has 0 bridgehead atoms. The lowest BCUT2D eigenvalue weighted by Gasteiger charge is -2.16. The number of amides is 3. The number of urea groups is 1. The molecule has 0 unspecified atom stereocenters. The van der Waals surface area contributed by atoms with E-state index in [1.165, 1.54) is 0 Å². The van der Waals surface area contributed by atoms with E-state index in [9.17, 15) is 14.4 Å². The van der Waals surface area contributed by atoms with E-state index in [0.717, 1.165) is 44.3 Å². The third-order valence-corrected chi connectivity index (χ3v) is 6.12. The lowest BCUT2D eigenvalue weighted by molar-refractivity contribution is -0.121. The van der Waals surface area contributed by atoms with Gasteiger partial charge in [-0.05, 0) is 32.6 Å². The highest BCUT2D eigenvalue weighted by Crippen LogP contribution is 2.33. The molecule has 7 heteroatoms. The van der Waals surface area contributed by atoms with Gasteiger partial charge >= 0.3 is 6.03 Å². The van der Waals surface area contributed by atoms with Crippen LogP contribution in [0.2, 0.25) is 0 Å². The Morgan fingerprint density at radius 1 is 1.12 bits per heavy atom. The number of hydrogen-bond donors (Lipinski definition) is 3. The molecule has 3 amide bonds. The predicted molar refractivity (Wildman–Crippen MR) is 96.1 cm³/mol. The quantitative estimate of drug-likeness (QED) is 0.391. The summed E-state index contributed by atoms with van der Waals surface area (Å²) in [5.74, 6) is 1.34. The Hall–Kier alpha value is -1.24. The van der Waals surface area contributed by atoms with E-state index < -0.39 is 0 Å². The van der Waals surface area contributed by atoms with E-state index in [-0.39, 0.29) is 29.8 Å². The molecule has 0 spiro atoms. The van der Waals surface area contributed by atoms with Crippen molar-refractivity contribution in [2.45, 2.75) is 75.6 Å². The van der Waals surface area contributed by atoms with E-state index >= 15 is 0 Å². The molecule has 0 saturated carbocycles. The van der Waals surface area contributed by atoms with Crippen molar-refractivity contribution < 1.29 is 14.4 Å². The van der Waals surface area contributed by atoms with Gasteiger partial charge < -0.3 is 20.7 Å². The van der Waals surface area contributed by atoms with Crippen LogP contribution in [0, 0.1) is 0 Å². The van der Waals surface area contributed by atoms with Crippen molar-refractivity contribution >= 4 is 29.5 Å². The van der Waals surface area contributed by atoms with E-state index in [0.29, 0.717) is 24.6 Å². The molecule has 2 aliphatic rings. The van der Waals surface area contributed by atoms with Gasteiger partial charge in [-0.15, -0.1) is 0 Å². The molecule has 24 heavy (non-hydrogen) atoms. The van der Waals surface area contributed by atoms with Crippen LogP contribution in [-0.4, -0.2) is 47.4 Å². The zero-order valence-electron chi connectivity index (χ0n) is 14.4. The molecule has 2 heterocycles. The molecule has 2 fully saturated rings. The average Bonchev–Trinajstić information content (AvgIpc) is 3.06. The van der Waals surface area contributed by atoms with Crippen molar-refractivity contribution in [1.82, 2.24) is 16.0 Å². The molecule has 0 aromatic heterocycles. The number of ketones is 1. The fraction of sp³-hybridized carbons (Fsp3) is 0.824. The maximum absolute atomic E-state index is 11.8. The van der Waals surface area contributed by atoms with Gasteiger partial charge in [0.1, 0.15) is 5.78 Å². The van der Waals surface area contributed by atoms with Gasteiger partial charge in [-0.1, -0.05) is 12.8 Å². The molecule has 2 saturated heterocycles. The predicted octanol–water partition coefficient (Wildman–Crippen LogP) is 1.98. The van der Waals surface area contributed by atoms with E-state index in [1.807, 2.05) is 11.8 Å². The molecule has 0 aliphatic carbocycles. The molecule has 136 valence electrons. The van der Waals surface area contributed by atoms with Crippen molar-refractivity contribution in [3.63, 3.8) is 0 Å². The van der Waals surface area contributed by atoms with Crippen LogP contribution in [0.4, 0.5) is 4.79 Å². The summed E-state index contributed by atoms with van der Waals surface area (Å²) in [6.45, 7) is 2.32. The third kappa shape index (κ3) is 6.34. The number of carbonyl (C=O) groups excluding carboxylic acids is 3. The van der Waals surface area contributed by atoms with Crippen LogP contribution in [0.1, 0.15) is 58.3 Å². The summed E-state index contributed by atoms with van der Waals surface area (Å²) in [5.41, 5.74) is 0. The van der Waals surface area contributed by atoms with Crippen LogP contribution in [0.5, 0.6) is 0 Å². The number of thioether (sulfide) groups is 1. The second kappa shape index (κ2) is 9.91. The summed E-state index contributed by atoms with van der Waals surface area (Å²) < 4.78 is 0. The number of unbranched alkanes of at least 4 members (excludes halogenated alkanes) is 3. The highest BCUT2D eigenvalue weighted by molar-refractivity contribution is 8.00. The first-order valence-electron chi connectivity index (χ1n) is 9.01. The first-order chi connectivity index (χ1) is 11.6. The monoisotopic (exact) mass is 355 g/mol. The number of carbonyl (C=O) groups is 3. The van der Waals surface area contributed by atoms with Crippen molar-refractivity contribution in [2.24, 2.45) is 0 Å². The topological polar surface area (TPSA) is 87.3 Å². The first kappa shape index (κ1) is 19.1. The Labute approximate surface area is 148 Å². The van der Waals surface area contributed by atoms with Crippen LogP contribution in [-0.2, 0) is 9.59 Å². The van der Waals surface area contributed by atoms with Crippen LogP contribution in [0.25, 0.3) is 0 Å². The molecule has 0 radical (unpaired) electrons. The van der Waals surface area contributed by atoms with E-state index in [4.69, 9.17) is 0 Å². The van der Waals surface area contributed by atoms with Crippen molar-refractivity contribution in [3.05, 3.63) is 0 Å². The van der Waals surface area contributed by atoms with Gasteiger partial charge in [-0.3, -0.25) is 4.79 Å².